The van der Waals surface area contributed by atoms with Crippen LogP contribution in [0.15, 0.2) is 0 Å². The molecule has 0 radical (unpaired) electrons. The number of ketones is 1. The van der Waals surface area contributed by atoms with E-state index in [2.05, 4.69) is 13.8 Å². The van der Waals surface area contributed by atoms with E-state index in [1.807, 2.05) is 6.66 Å². The van der Waals surface area contributed by atoms with E-state index in [1.54, 1.807) is 0 Å². The maximum atomic E-state index is 12.4. The fraction of sp³-hybridized carbons (Fsp3) is 0.974. The number of rotatable bonds is 10. The zero-order valence-corrected chi connectivity index (χ0v) is 28.8. The molecule has 0 spiro atoms. The second-order valence-electron chi connectivity index (χ2n) is 16.4. The number of Topliss-reactive ketones (excluding diaryl/α,β-unsaturated/α-hetero) is 1. The molecule has 0 bridgehead atoms. The fourth-order valence-corrected chi connectivity index (χ4v) is 11.3. The van der Waals surface area contributed by atoms with Crippen molar-refractivity contribution in [1.29, 1.82) is 1.28 Å². The van der Waals surface area contributed by atoms with E-state index in [9.17, 15) is 20.1 Å². The zero-order chi connectivity index (χ0) is 43.3. The molecule has 0 saturated heterocycles. The minimum atomic E-state index is -2.94. The molecule has 44 heavy (non-hydrogen) atoms. The van der Waals surface area contributed by atoms with Gasteiger partial charge in [0.2, 0.25) is 0 Å². The van der Waals surface area contributed by atoms with Crippen molar-refractivity contribution in [2.75, 3.05) is 6.66 Å². The third kappa shape index (κ3) is 7.98. The van der Waals surface area contributed by atoms with Gasteiger partial charge < -0.3 is 15.3 Å². The highest BCUT2D eigenvalue weighted by Gasteiger charge is 2.62. The Hall–Kier alpha value is -0.0200. The summed E-state index contributed by atoms with van der Waals surface area (Å²) >= 11 is 0. The van der Waals surface area contributed by atoms with Crippen LogP contribution in [0, 0.1) is 45.3 Å². The fourth-order valence-electron chi connectivity index (χ4n) is 11.3. The Morgan fingerprint density at radius 3 is 1.82 bits per heavy atom. The molecule has 8 atom stereocenters. The summed E-state index contributed by atoms with van der Waals surface area (Å²) in [7, 11) is 0.333. The molecule has 6 fully saturated rings. The lowest BCUT2D eigenvalue weighted by atomic mass is 9.60. The van der Waals surface area contributed by atoms with Crippen LogP contribution in [0.3, 0.4) is 0 Å². The minimum Gasteiger partial charge on any atom is -0.393 e. The standard InChI is InChI=1S/C19H34O2.C19H32O2.CH5P/c2*1-17(2,21)9-5-11-19(12-13-19)16-8-7-14-15(20)6-4-10-18(14,16)3;1-2/h14-16,20-21H,4-13H2,1-3H3;14,16,21H,4-13H2,1-3H3;2H2,1H3/t14?,15-,16?,18-;14?,16?,18-;/m00./s1/i2*1D3,2D3;2D. The number of hydrogen-bond donors (Lipinski definition) is 3. The largest absolute Gasteiger partial charge is 0.393 e. The van der Waals surface area contributed by atoms with Crippen LogP contribution in [0.5, 0.6) is 0 Å². The molecule has 0 heterocycles. The highest BCUT2D eigenvalue weighted by molar-refractivity contribution is 7.15. The molecule has 6 saturated carbocycles. The van der Waals surface area contributed by atoms with E-state index in [1.165, 1.54) is 0 Å². The van der Waals surface area contributed by atoms with Gasteiger partial charge in [0.1, 0.15) is 5.78 Å². The van der Waals surface area contributed by atoms with Crippen molar-refractivity contribution in [2.24, 2.45) is 45.3 Å². The van der Waals surface area contributed by atoms with Crippen LogP contribution in [0.4, 0.5) is 0 Å². The molecule has 0 amide bonds. The second kappa shape index (κ2) is 13.8. The highest BCUT2D eigenvalue weighted by Crippen LogP contribution is 2.70. The van der Waals surface area contributed by atoms with Gasteiger partial charge in [-0.1, -0.05) is 39.8 Å². The zero-order valence-electron chi connectivity index (χ0n) is 40.8. The molecule has 0 aromatic rings. The van der Waals surface area contributed by atoms with Crippen molar-refractivity contribution >= 4 is 15.0 Å². The van der Waals surface area contributed by atoms with Crippen molar-refractivity contribution in [3.8, 4) is 0 Å². The minimum absolute atomic E-state index is 0.0379. The van der Waals surface area contributed by atoms with Crippen LogP contribution in [0.25, 0.3) is 0 Å². The van der Waals surface area contributed by atoms with Crippen LogP contribution in [-0.4, -0.2) is 46.4 Å². The van der Waals surface area contributed by atoms with Gasteiger partial charge in [-0.15, -0.1) is 9.18 Å². The van der Waals surface area contributed by atoms with E-state index < -0.39 is 38.6 Å². The van der Waals surface area contributed by atoms with Crippen LogP contribution in [-0.2, 0) is 4.79 Å². The molecule has 5 heteroatoms. The number of aliphatic hydroxyl groups is 3. The van der Waals surface area contributed by atoms with Gasteiger partial charge in [0.05, 0.1) is 18.6 Å². The molecular weight excluding hydrogens is 563 g/mol. The molecule has 0 aromatic carbocycles. The normalized spacial score (nSPS) is 44.2. The molecule has 0 aliphatic heterocycles. The Balaban J connectivity index is 0.000000236. The smallest absolute Gasteiger partial charge is 0.136 e. The van der Waals surface area contributed by atoms with Gasteiger partial charge in [-0.05, 0) is 170 Å². The van der Waals surface area contributed by atoms with Crippen LogP contribution >= 0.6 is 9.18 Å². The summed E-state index contributed by atoms with van der Waals surface area (Å²) in [5.74, 6) is 1.89. The topological polar surface area (TPSA) is 77.8 Å². The third-order valence-corrected chi connectivity index (χ3v) is 13.6. The predicted molar refractivity (Wildman–Crippen MR) is 187 cm³/mol. The Morgan fingerprint density at radius 1 is 0.795 bits per heavy atom. The molecule has 6 rings (SSSR count). The SMILES string of the molecule is [2H]C([2H])([2H])C(O)(CCCC1(C2CCC3C(=O)CCC[C@@]32C)CC1)C([2H])([2H])[2H].[2H]C([2H])([2H])C(O)(CCCC1(C2CCC3[C@@H](O)CCC[C@@]32C)CC1)C([2H])([2H])[2H].[2H]PC. The molecule has 5 unspecified atom stereocenters. The first-order valence-electron chi connectivity index (χ1n) is 24.2. The quantitative estimate of drug-likeness (QED) is 0.207. The molecule has 6 aliphatic carbocycles. The summed E-state index contributed by atoms with van der Waals surface area (Å²) < 4.78 is 96.5. The molecule has 3 N–H and O–H groups in total. The maximum Gasteiger partial charge on any atom is 0.136 e. The lowest BCUT2D eigenvalue weighted by Crippen LogP contribution is -2.42. The summed E-state index contributed by atoms with van der Waals surface area (Å²) in [5.41, 5.74) is -4.87. The van der Waals surface area contributed by atoms with Crippen molar-refractivity contribution in [3.05, 3.63) is 0 Å². The summed E-state index contributed by atoms with van der Waals surface area (Å²) in [6.07, 6.45) is 15.9. The van der Waals surface area contributed by atoms with Crippen LogP contribution in [0.1, 0.15) is 186 Å². The van der Waals surface area contributed by atoms with Crippen molar-refractivity contribution in [3.63, 3.8) is 0 Å². The summed E-state index contributed by atoms with van der Waals surface area (Å²) in [4.78, 5) is 12.4. The number of carbonyl (C=O) groups excluding carboxylic acids is 1. The van der Waals surface area contributed by atoms with E-state index in [0.717, 1.165) is 96.3 Å². The summed E-state index contributed by atoms with van der Waals surface area (Å²) in [5, 5.41) is 31.4. The van der Waals surface area contributed by atoms with E-state index in [-0.39, 0.29) is 46.5 Å². The van der Waals surface area contributed by atoms with Gasteiger partial charge in [-0.2, -0.15) is 0 Å². The lowest BCUT2D eigenvalue weighted by molar-refractivity contribution is -0.130. The first-order chi connectivity index (χ1) is 26.0. The molecular formula is C39H71O4P. The molecule has 6 aliphatic rings. The molecule has 4 nitrogen and oxygen atoms in total. The second-order valence-corrected chi connectivity index (χ2v) is 16.4. The van der Waals surface area contributed by atoms with E-state index in [4.69, 9.17) is 17.7 Å². The van der Waals surface area contributed by atoms with Gasteiger partial charge in [0.25, 0.3) is 0 Å². The van der Waals surface area contributed by atoms with Gasteiger partial charge in [-0.25, -0.2) is 0 Å². The Kier molecular flexibility index (Phi) is 7.10. The monoisotopic (exact) mass is 648 g/mol. The first kappa shape index (κ1) is 22.6. The van der Waals surface area contributed by atoms with Gasteiger partial charge in [0, 0.05) is 28.8 Å². The summed E-state index contributed by atoms with van der Waals surface area (Å²) in [6, 6.07) is 0. The van der Waals surface area contributed by atoms with Gasteiger partial charge in [0.15, 0.2) is 0 Å². The highest BCUT2D eigenvalue weighted by atomic mass is 31.0. The van der Waals surface area contributed by atoms with E-state index >= 15 is 0 Å². The number of aliphatic hydroxyl groups excluding tert-OH is 1. The average Bonchev–Trinajstić information content (AvgIpc) is 3.95. The molecule has 256 valence electrons. The Bertz CT molecular complexity index is 1350. The van der Waals surface area contributed by atoms with Crippen LogP contribution in [0.2, 0.25) is 0 Å². The molecule has 0 aromatic heterocycles. The van der Waals surface area contributed by atoms with Crippen molar-refractivity contribution < 1.29 is 36.6 Å². The maximum absolute atomic E-state index is 12.4. The Labute approximate surface area is 292 Å². The third-order valence-electron chi connectivity index (χ3n) is 13.6. The number of fused-ring (bicyclic) bond motifs is 2. The van der Waals surface area contributed by atoms with Gasteiger partial charge in [-0.3, -0.25) is 4.79 Å². The van der Waals surface area contributed by atoms with Crippen molar-refractivity contribution in [1.82, 2.24) is 0 Å². The van der Waals surface area contributed by atoms with Crippen LogP contribution < -0.4 is 0 Å². The summed E-state index contributed by atoms with van der Waals surface area (Å²) in [6.45, 7) is -5.32. The average molecular weight is 648 g/mol. The Morgan fingerprint density at radius 2 is 1.30 bits per heavy atom. The lowest BCUT2D eigenvalue weighted by Gasteiger charge is -2.46. The van der Waals surface area contributed by atoms with E-state index in [0.29, 0.717) is 52.0 Å². The van der Waals surface area contributed by atoms with Gasteiger partial charge >= 0.3 is 0 Å². The first-order valence-corrected chi connectivity index (χ1v) is 18.7. The number of carbonyl (C=O) groups is 1. The predicted octanol–water partition coefficient (Wildman–Crippen LogP) is 9.27. The van der Waals surface area contributed by atoms with Crippen molar-refractivity contribution in [2.45, 2.75) is 187 Å². The number of hydrogen-bond acceptors (Lipinski definition) is 4.